The number of likely N-dealkylation sites (tertiary alicyclic amines) is 2. The number of benzene rings is 1. The topological polar surface area (TPSA) is 52.2 Å². The molecule has 0 spiro atoms. The van der Waals surface area contributed by atoms with Crippen molar-refractivity contribution in [1.82, 2.24) is 19.8 Å². The quantitative estimate of drug-likeness (QED) is 0.879. The number of nitrogens with one attached hydrogen (secondary N) is 1. The van der Waals surface area contributed by atoms with Gasteiger partial charge < -0.3 is 9.88 Å². The highest BCUT2D eigenvalue weighted by Gasteiger charge is 2.39. The molecule has 1 N–H and O–H groups in total. The Bertz CT molecular complexity index is 784. The Hall–Kier alpha value is -1.88. The van der Waals surface area contributed by atoms with Crippen molar-refractivity contribution in [3.05, 3.63) is 30.1 Å². The van der Waals surface area contributed by atoms with Gasteiger partial charge in [-0.15, -0.1) is 0 Å². The fraction of sp³-hybridized carbons (Fsp3) is 0.652. The van der Waals surface area contributed by atoms with Gasteiger partial charge in [0.2, 0.25) is 5.91 Å². The van der Waals surface area contributed by atoms with Gasteiger partial charge in [-0.3, -0.25) is 9.69 Å². The fourth-order valence-corrected chi connectivity index (χ4v) is 5.67. The summed E-state index contributed by atoms with van der Waals surface area (Å²) in [6.07, 6.45) is 10.7. The van der Waals surface area contributed by atoms with E-state index in [-0.39, 0.29) is 6.04 Å². The molecule has 3 aliphatic rings. The molecule has 2 saturated heterocycles. The molecule has 3 fully saturated rings. The number of piperidine rings is 1. The standard InChI is InChI=1S/C23H32N4O/c28-23(21-10-5-13-27(21)18-6-1-2-7-18)26-14-11-17(12-15-26)16-22-24-19-8-3-4-9-20(19)25-22/h3-4,8-9,17-18,21H,1-2,5-7,10-16H2,(H,24,25). The number of amides is 1. The summed E-state index contributed by atoms with van der Waals surface area (Å²) >= 11 is 0. The Morgan fingerprint density at radius 1 is 1.00 bits per heavy atom. The van der Waals surface area contributed by atoms with Gasteiger partial charge in [0.15, 0.2) is 0 Å². The first kappa shape index (κ1) is 18.2. The molecule has 1 unspecified atom stereocenters. The molecule has 0 radical (unpaired) electrons. The minimum atomic E-state index is 0.162. The van der Waals surface area contributed by atoms with Crippen molar-refractivity contribution >= 4 is 16.9 Å². The summed E-state index contributed by atoms with van der Waals surface area (Å²) in [4.78, 5) is 26.1. The van der Waals surface area contributed by atoms with Gasteiger partial charge in [-0.25, -0.2) is 4.98 Å². The van der Waals surface area contributed by atoms with E-state index in [0.717, 1.165) is 62.2 Å². The average Bonchev–Trinajstić information content (AvgIpc) is 3.46. The van der Waals surface area contributed by atoms with Gasteiger partial charge in [-0.2, -0.15) is 0 Å². The number of para-hydroxylation sites is 2. The van der Waals surface area contributed by atoms with Crippen LogP contribution in [0, 0.1) is 5.92 Å². The van der Waals surface area contributed by atoms with Crippen LogP contribution in [-0.4, -0.2) is 57.4 Å². The number of hydrogen-bond acceptors (Lipinski definition) is 3. The second-order valence-corrected chi connectivity index (χ2v) is 9.01. The van der Waals surface area contributed by atoms with E-state index in [0.29, 0.717) is 17.9 Å². The minimum absolute atomic E-state index is 0.162. The number of aromatic amines is 1. The number of carbonyl (C=O) groups is 1. The van der Waals surface area contributed by atoms with Crippen LogP contribution in [0.5, 0.6) is 0 Å². The normalized spacial score (nSPS) is 25.1. The highest BCUT2D eigenvalue weighted by molar-refractivity contribution is 5.82. The van der Waals surface area contributed by atoms with Crippen molar-refractivity contribution in [3.63, 3.8) is 0 Å². The second-order valence-electron chi connectivity index (χ2n) is 9.01. The van der Waals surface area contributed by atoms with E-state index in [4.69, 9.17) is 4.98 Å². The largest absolute Gasteiger partial charge is 0.342 e. The first-order valence-corrected chi connectivity index (χ1v) is 11.3. The van der Waals surface area contributed by atoms with Gasteiger partial charge >= 0.3 is 0 Å². The zero-order valence-electron chi connectivity index (χ0n) is 16.8. The van der Waals surface area contributed by atoms with Gasteiger partial charge in [0.25, 0.3) is 0 Å². The molecule has 150 valence electrons. The summed E-state index contributed by atoms with van der Waals surface area (Å²) in [5, 5.41) is 0. The molecule has 3 heterocycles. The number of rotatable bonds is 4. The Labute approximate surface area is 167 Å². The van der Waals surface area contributed by atoms with Crippen molar-refractivity contribution in [2.75, 3.05) is 19.6 Å². The molecule has 0 bridgehead atoms. The first-order chi connectivity index (χ1) is 13.8. The van der Waals surface area contributed by atoms with Gasteiger partial charge in [0.1, 0.15) is 5.82 Å². The molecule has 1 saturated carbocycles. The fourth-order valence-electron chi connectivity index (χ4n) is 5.67. The zero-order chi connectivity index (χ0) is 18.9. The third-order valence-electron chi connectivity index (χ3n) is 7.22. The Morgan fingerprint density at radius 2 is 1.79 bits per heavy atom. The maximum absolute atomic E-state index is 13.2. The highest BCUT2D eigenvalue weighted by Crippen LogP contribution is 2.32. The number of carbonyl (C=O) groups excluding carboxylic acids is 1. The van der Waals surface area contributed by atoms with E-state index in [9.17, 15) is 4.79 Å². The van der Waals surface area contributed by atoms with Gasteiger partial charge in [0.05, 0.1) is 17.1 Å². The number of hydrogen-bond donors (Lipinski definition) is 1. The van der Waals surface area contributed by atoms with Crippen molar-refractivity contribution in [1.29, 1.82) is 0 Å². The number of H-pyrrole nitrogens is 1. The minimum Gasteiger partial charge on any atom is -0.342 e. The van der Waals surface area contributed by atoms with E-state index >= 15 is 0 Å². The number of fused-ring (bicyclic) bond motifs is 1. The summed E-state index contributed by atoms with van der Waals surface area (Å²) < 4.78 is 0. The average molecular weight is 381 g/mol. The summed E-state index contributed by atoms with van der Waals surface area (Å²) in [5.41, 5.74) is 2.18. The number of aromatic nitrogens is 2. The van der Waals surface area contributed by atoms with Crippen LogP contribution in [0.3, 0.4) is 0 Å². The molecule has 2 aliphatic heterocycles. The van der Waals surface area contributed by atoms with Crippen LogP contribution in [0.15, 0.2) is 24.3 Å². The molecule has 1 aromatic carbocycles. The van der Waals surface area contributed by atoms with Crippen molar-refractivity contribution in [2.24, 2.45) is 5.92 Å². The van der Waals surface area contributed by atoms with E-state index < -0.39 is 0 Å². The third kappa shape index (κ3) is 3.57. The molecule has 28 heavy (non-hydrogen) atoms. The monoisotopic (exact) mass is 380 g/mol. The molecule has 1 aliphatic carbocycles. The van der Waals surface area contributed by atoms with Crippen LogP contribution in [0.4, 0.5) is 0 Å². The SMILES string of the molecule is O=C(C1CCCN1C1CCCC1)N1CCC(Cc2nc3ccccc3[nH]2)CC1. The Kier molecular flexibility index (Phi) is 5.10. The van der Waals surface area contributed by atoms with Crippen LogP contribution in [0.25, 0.3) is 11.0 Å². The van der Waals surface area contributed by atoms with Gasteiger partial charge in [0, 0.05) is 25.6 Å². The Morgan fingerprint density at radius 3 is 2.57 bits per heavy atom. The maximum atomic E-state index is 13.2. The number of imidazole rings is 1. The molecule has 2 aromatic rings. The Balaban J connectivity index is 1.16. The zero-order valence-corrected chi connectivity index (χ0v) is 16.8. The highest BCUT2D eigenvalue weighted by atomic mass is 16.2. The molecule has 1 amide bonds. The molecular weight excluding hydrogens is 348 g/mol. The van der Waals surface area contributed by atoms with Crippen LogP contribution >= 0.6 is 0 Å². The van der Waals surface area contributed by atoms with E-state index in [1.54, 1.807) is 0 Å². The van der Waals surface area contributed by atoms with Crippen molar-refractivity contribution < 1.29 is 4.79 Å². The van der Waals surface area contributed by atoms with E-state index in [1.165, 1.54) is 32.1 Å². The summed E-state index contributed by atoms with van der Waals surface area (Å²) in [6, 6.07) is 9.07. The molecule has 5 rings (SSSR count). The number of nitrogens with zero attached hydrogens (tertiary/aromatic N) is 3. The lowest BCUT2D eigenvalue weighted by Gasteiger charge is -2.37. The summed E-state index contributed by atoms with van der Waals surface area (Å²) in [7, 11) is 0. The molecule has 5 nitrogen and oxygen atoms in total. The van der Waals surface area contributed by atoms with Crippen LogP contribution in [-0.2, 0) is 11.2 Å². The van der Waals surface area contributed by atoms with Crippen LogP contribution < -0.4 is 0 Å². The molecule has 1 aromatic heterocycles. The predicted octanol–water partition coefficient (Wildman–Crippen LogP) is 3.75. The van der Waals surface area contributed by atoms with Gasteiger partial charge in [-0.1, -0.05) is 25.0 Å². The maximum Gasteiger partial charge on any atom is 0.239 e. The van der Waals surface area contributed by atoms with Crippen LogP contribution in [0.2, 0.25) is 0 Å². The summed E-state index contributed by atoms with van der Waals surface area (Å²) in [6.45, 7) is 2.96. The van der Waals surface area contributed by atoms with Crippen molar-refractivity contribution in [3.8, 4) is 0 Å². The lowest BCUT2D eigenvalue weighted by molar-refractivity contribution is -0.138. The van der Waals surface area contributed by atoms with E-state index in [2.05, 4.69) is 26.9 Å². The predicted molar refractivity (Wildman–Crippen MR) is 111 cm³/mol. The summed E-state index contributed by atoms with van der Waals surface area (Å²) in [5.74, 6) is 2.12. The van der Waals surface area contributed by atoms with Crippen LogP contribution in [0.1, 0.15) is 57.2 Å². The second kappa shape index (κ2) is 7.86. The molecular formula is C23H32N4O. The van der Waals surface area contributed by atoms with Gasteiger partial charge in [-0.05, 0) is 63.1 Å². The lowest BCUT2D eigenvalue weighted by atomic mass is 9.92. The smallest absolute Gasteiger partial charge is 0.239 e. The molecule has 1 atom stereocenters. The third-order valence-corrected chi connectivity index (χ3v) is 7.22. The molecule has 5 heteroatoms. The van der Waals surface area contributed by atoms with Crippen molar-refractivity contribution in [2.45, 2.75) is 69.9 Å². The first-order valence-electron chi connectivity index (χ1n) is 11.3. The van der Waals surface area contributed by atoms with E-state index in [1.807, 2.05) is 12.1 Å². The lowest BCUT2D eigenvalue weighted by Crippen LogP contribution is -2.50.